The van der Waals surface area contributed by atoms with Crippen molar-refractivity contribution in [3.05, 3.63) is 69.1 Å². The molecule has 0 atom stereocenters. The van der Waals surface area contributed by atoms with Crippen LogP contribution < -0.4 is 5.56 Å². The normalized spacial score (nSPS) is 11.3. The van der Waals surface area contributed by atoms with Crippen LogP contribution in [0.4, 0.5) is 0 Å². The number of aromatic nitrogens is 2. The number of nitrogens with one attached hydrogen (secondary N) is 1. The van der Waals surface area contributed by atoms with E-state index in [-0.39, 0.29) is 16.9 Å². The average Bonchev–Trinajstić information content (AvgIpc) is 2.94. The van der Waals surface area contributed by atoms with Crippen molar-refractivity contribution in [1.82, 2.24) is 9.97 Å². The third-order valence-electron chi connectivity index (χ3n) is 3.28. The van der Waals surface area contributed by atoms with Crippen LogP contribution in [0, 0.1) is 6.92 Å². The Labute approximate surface area is 124 Å². The van der Waals surface area contributed by atoms with Crippen molar-refractivity contribution < 1.29 is 4.79 Å². The number of allylic oxidation sites excluding steroid dienone is 1. The summed E-state index contributed by atoms with van der Waals surface area (Å²) in [6.07, 6.45) is 6.41. The van der Waals surface area contributed by atoms with Gasteiger partial charge >= 0.3 is 0 Å². The highest BCUT2D eigenvalue weighted by molar-refractivity contribution is 7.16. The van der Waals surface area contributed by atoms with Crippen LogP contribution >= 0.6 is 11.3 Å². The van der Waals surface area contributed by atoms with E-state index < -0.39 is 0 Å². The number of aryl methyl sites for hydroxylation is 1. The monoisotopic (exact) mass is 296 g/mol. The molecule has 1 N–H and O–H groups in total. The van der Waals surface area contributed by atoms with E-state index in [0.29, 0.717) is 0 Å². The SMILES string of the molecule is Cc1c(C(=O)C=Cc2ccncc2)c(=O)[nH]c2sccc12. The fourth-order valence-corrected chi connectivity index (χ4v) is 3.04. The van der Waals surface area contributed by atoms with Crippen LogP contribution in [0.15, 0.2) is 46.8 Å². The van der Waals surface area contributed by atoms with Crippen LogP contribution in [0.25, 0.3) is 16.3 Å². The number of ketones is 1. The third kappa shape index (κ3) is 2.55. The second-order valence-electron chi connectivity index (χ2n) is 4.60. The van der Waals surface area contributed by atoms with E-state index in [9.17, 15) is 9.59 Å². The van der Waals surface area contributed by atoms with Crippen LogP contribution in [-0.2, 0) is 0 Å². The molecule has 4 nitrogen and oxygen atoms in total. The van der Waals surface area contributed by atoms with Crippen molar-refractivity contribution in [2.75, 3.05) is 0 Å². The lowest BCUT2D eigenvalue weighted by Crippen LogP contribution is -2.18. The number of pyridine rings is 2. The van der Waals surface area contributed by atoms with E-state index >= 15 is 0 Å². The summed E-state index contributed by atoms with van der Waals surface area (Å²) < 4.78 is 0. The van der Waals surface area contributed by atoms with E-state index in [1.807, 2.05) is 11.4 Å². The van der Waals surface area contributed by atoms with Gasteiger partial charge in [0.05, 0.1) is 5.56 Å². The lowest BCUT2D eigenvalue weighted by molar-refractivity contribution is 0.104. The lowest BCUT2D eigenvalue weighted by Gasteiger charge is -2.02. The van der Waals surface area contributed by atoms with Gasteiger partial charge in [0.25, 0.3) is 5.56 Å². The van der Waals surface area contributed by atoms with Gasteiger partial charge in [0.1, 0.15) is 4.83 Å². The van der Waals surface area contributed by atoms with Crippen molar-refractivity contribution in [3.8, 4) is 0 Å². The number of rotatable bonds is 3. The molecule has 104 valence electrons. The van der Waals surface area contributed by atoms with Gasteiger partial charge in [0, 0.05) is 17.8 Å². The zero-order valence-electron chi connectivity index (χ0n) is 11.3. The van der Waals surface area contributed by atoms with Gasteiger partial charge in [-0.15, -0.1) is 11.3 Å². The van der Waals surface area contributed by atoms with Crippen molar-refractivity contribution in [2.45, 2.75) is 6.92 Å². The molecule has 0 aliphatic rings. The summed E-state index contributed by atoms with van der Waals surface area (Å²) in [6.45, 7) is 1.80. The minimum atomic E-state index is -0.341. The topological polar surface area (TPSA) is 62.8 Å². The Bertz CT molecular complexity index is 892. The second-order valence-corrected chi connectivity index (χ2v) is 5.51. The van der Waals surface area contributed by atoms with Gasteiger partial charge in [0.2, 0.25) is 0 Å². The van der Waals surface area contributed by atoms with Gasteiger partial charge in [-0.3, -0.25) is 14.6 Å². The molecule has 5 heteroatoms. The zero-order valence-corrected chi connectivity index (χ0v) is 12.1. The molecule has 3 aromatic rings. The largest absolute Gasteiger partial charge is 0.313 e. The number of thiophene rings is 1. The predicted molar refractivity (Wildman–Crippen MR) is 84.8 cm³/mol. The molecule has 0 saturated heterocycles. The maximum absolute atomic E-state index is 12.3. The number of hydrogen-bond donors (Lipinski definition) is 1. The molecule has 3 aromatic heterocycles. The first kappa shape index (κ1) is 13.5. The molecule has 0 radical (unpaired) electrons. The number of nitrogens with zero attached hydrogens (tertiary/aromatic N) is 1. The van der Waals surface area contributed by atoms with E-state index in [1.54, 1.807) is 37.5 Å². The van der Waals surface area contributed by atoms with Crippen molar-refractivity contribution in [2.24, 2.45) is 0 Å². The van der Waals surface area contributed by atoms with Gasteiger partial charge in [-0.25, -0.2) is 0 Å². The van der Waals surface area contributed by atoms with Gasteiger partial charge in [0.15, 0.2) is 5.78 Å². The Morgan fingerprint density at radius 1 is 1.29 bits per heavy atom. The summed E-state index contributed by atoms with van der Waals surface area (Å²) in [5, 5.41) is 2.81. The first-order valence-electron chi connectivity index (χ1n) is 6.39. The smallest absolute Gasteiger partial charge is 0.260 e. The van der Waals surface area contributed by atoms with Crippen molar-refractivity contribution >= 4 is 33.4 Å². The Balaban J connectivity index is 2.02. The molecule has 3 heterocycles. The fraction of sp³-hybridized carbons (Fsp3) is 0.0625. The lowest BCUT2D eigenvalue weighted by atomic mass is 10.0. The number of carbonyl (C=O) groups excluding carboxylic acids is 1. The van der Waals surface area contributed by atoms with Crippen LogP contribution in [0.5, 0.6) is 0 Å². The van der Waals surface area contributed by atoms with Crippen molar-refractivity contribution in [1.29, 1.82) is 0 Å². The predicted octanol–water partition coefficient (Wildman–Crippen LogP) is 3.19. The molecule has 0 spiro atoms. The summed E-state index contributed by atoms with van der Waals surface area (Å²) in [5.41, 5.74) is 1.45. The molecular formula is C16H12N2O2S. The molecule has 0 bridgehead atoms. The van der Waals surface area contributed by atoms with Crippen LogP contribution in [0.1, 0.15) is 21.5 Å². The summed E-state index contributed by atoms with van der Waals surface area (Å²) in [5.74, 6) is -0.293. The molecule has 0 aliphatic carbocycles. The van der Waals surface area contributed by atoms with Gasteiger partial charge in [-0.1, -0.05) is 6.08 Å². The number of H-pyrrole nitrogens is 1. The molecular weight excluding hydrogens is 284 g/mol. The van der Waals surface area contributed by atoms with Crippen LogP contribution in [0.3, 0.4) is 0 Å². The van der Waals surface area contributed by atoms with Crippen LogP contribution in [-0.4, -0.2) is 15.8 Å². The molecule has 0 saturated carbocycles. The number of carbonyl (C=O) groups is 1. The second kappa shape index (κ2) is 5.46. The minimum absolute atomic E-state index is 0.200. The Morgan fingerprint density at radius 3 is 2.81 bits per heavy atom. The highest BCUT2D eigenvalue weighted by Crippen LogP contribution is 2.22. The molecule has 21 heavy (non-hydrogen) atoms. The number of fused-ring (bicyclic) bond motifs is 1. The third-order valence-corrected chi connectivity index (χ3v) is 4.11. The zero-order chi connectivity index (χ0) is 14.8. The van der Waals surface area contributed by atoms with E-state index in [1.165, 1.54) is 17.4 Å². The van der Waals surface area contributed by atoms with E-state index in [0.717, 1.165) is 21.3 Å². The number of aromatic amines is 1. The first-order chi connectivity index (χ1) is 10.2. The standard InChI is InChI=1S/C16H12N2O2S/c1-10-12-6-9-21-16(12)18-15(20)14(10)13(19)3-2-11-4-7-17-8-5-11/h2-9H,1H3,(H,18,20). The number of hydrogen-bond acceptors (Lipinski definition) is 4. The Morgan fingerprint density at radius 2 is 2.05 bits per heavy atom. The van der Waals surface area contributed by atoms with E-state index in [2.05, 4.69) is 9.97 Å². The molecule has 0 aromatic carbocycles. The van der Waals surface area contributed by atoms with Gasteiger partial charge in [-0.2, -0.15) is 0 Å². The summed E-state index contributed by atoms with van der Waals surface area (Å²) in [7, 11) is 0. The first-order valence-corrected chi connectivity index (χ1v) is 7.27. The van der Waals surface area contributed by atoms with Crippen LogP contribution in [0.2, 0.25) is 0 Å². The van der Waals surface area contributed by atoms with E-state index in [4.69, 9.17) is 0 Å². The highest BCUT2D eigenvalue weighted by atomic mass is 32.1. The fourth-order valence-electron chi connectivity index (χ4n) is 2.20. The van der Waals surface area contributed by atoms with Crippen molar-refractivity contribution in [3.63, 3.8) is 0 Å². The summed E-state index contributed by atoms with van der Waals surface area (Å²) >= 11 is 1.45. The molecule has 0 aliphatic heterocycles. The maximum Gasteiger partial charge on any atom is 0.260 e. The molecule has 0 fully saturated rings. The van der Waals surface area contributed by atoms with Gasteiger partial charge < -0.3 is 4.98 Å². The molecule has 0 amide bonds. The summed E-state index contributed by atoms with van der Waals surface area (Å²) in [4.78, 5) is 31.9. The Kier molecular flexibility index (Phi) is 3.50. The molecule has 0 unspecified atom stereocenters. The molecule has 3 rings (SSSR count). The van der Waals surface area contributed by atoms with Gasteiger partial charge in [-0.05, 0) is 47.7 Å². The Hall–Kier alpha value is -2.53. The highest BCUT2D eigenvalue weighted by Gasteiger charge is 2.14. The average molecular weight is 296 g/mol. The minimum Gasteiger partial charge on any atom is -0.313 e. The quantitative estimate of drug-likeness (QED) is 0.596. The summed E-state index contributed by atoms with van der Waals surface area (Å²) in [6, 6.07) is 5.50. The maximum atomic E-state index is 12.3.